The second-order valence-electron chi connectivity index (χ2n) is 5.81. The Balaban J connectivity index is 1.71. The van der Waals surface area contributed by atoms with E-state index < -0.39 is 12.1 Å². The molecule has 0 saturated heterocycles. The number of nitrogens with one attached hydrogen (secondary N) is 1. The Morgan fingerprint density at radius 2 is 1.68 bits per heavy atom. The van der Waals surface area contributed by atoms with Crippen LogP contribution in [0.5, 0.6) is 0 Å². The maximum atomic E-state index is 12.6. The summed E-state index contributed by atoms with van der Waals surface area (Å²) in [5.74, 6) is -0.214. The molecule has 0 bridgehead atoms. The van der Waals surface area contributed by atoms with Crippen LogP contribution in [0.4, 0.5) is 4.79 Å². The monoisotopic (exact) mass is 336 g/mol. The van der Waals surface area contributed by atoms with E-state index in [4.69, 9.17) is 4.74 Å². The van der Waals surface area contributed by atoms with Gasteiger partial charge in [-0.05, 0) is 17.2 Å². The summed E-state index contributed by atoms with van der Waals surface area (Å²) in [6.07, 6.45) is 3.26. The van der Waals surface area contributed by atoms with E-state index in [1.807, 2.05) is 60.7 Å². The Bertz CT molecular complexity index is 744. The molecule has 0 unspecified atom stereocenters. The van der Waals surface area contributed by atoms with Crippen molar-refractivity contribution >= 4 is 12.0 Å². The number of hydrogen-bond donors (Lipinski definition) is 1. The second-order valence-corrected chi connectivity index (χ2v) is 5.81. The van der Waals surface area contributed by atoms with Crippen LogP contribution in [-0.2, 0) is 22.6 Å². The maximum absolute atomic E-state index is 12.6. The van der Waals surface area contributed by atoms with E-state index in [1.54, 1.807) is 12.3 Å². The van der Waals surface area contributed by atoms with Crippen LogP contribution in [0.3, 0.4) is 0 Å². The quantitative estimate of drug-likeness (QED) is 0.934. The lowest BCUT2D eigenvalue weighted by atomic mass is 10.0. The Hall–Kier alpha value is -3.08. The third-order valence-corrected chi connectivity index (χ3v) is 4.04. The molecule has 1 aliphatic rings. The predicted molar refractivity (Wildman–Crippen MR) is 94.5 cm³/mol. The number of hydrogen-bond acceptors (Lipinski definition) is 3. The van der Waals surface area contributed by atoms with Crippen molar-refractivity contribution < 1.29 is 14.3 Å². The fourth-order valence-electron chi connectivity index (χ4n) is 2.72. The van der Waals surface area contributed by atoms with E-state index in [0.717, 1.165) is 11.1 Å². The number of carbonyl (C=O) groups is 2. The highest BCUT2D eigenvalue weighted by molar-refractivity contribution is 5.87. The van der Waals surface area contributed by atoms with Crippen LogP contribution < -0.4 is 5.32 Å². The number of ether oxygens (including phenoxy) is 1. The highest BCUT2D eigenvalue weighted by atomic mass is 16.6. The van der Waals surface area contributed by atoms with Crippen LogP contribution in [-0.4, -0.2) is 29.5 Å². The molecule has 1 atom stereocenters. The number of nitrogens with zero attached hydrogens (tertiary/aromatic N) is 1. The predicted octanol–water partition coefficient (Wildman–Crippen LogP) is 2.88. The smallest absolute Gasteiger partial charge is 0.411 e. The molecule has 5 heteroatoms. The molecule has 0 aromatic heterocycles. The topological polar surface area (TPSA) is 58.6 Å². The van der Waals surface area contributed by atoms with Crippen molar-refractivity contribution in [2.45, 2.75) is 19.1 Å². The number of benzene rings is 2. The van der Waals surface area contributed by atoms with Crippen molar-refractivity contribution in [1.82, 2.24) is 10.2 Å². The third kappa shape index (κ3) is 4.47. The van der Waals surface area contributed by atoms with E-state index in [9.17, 15) is 9.59 Å². The minimum absolute atomic E-state index is 0.180. The van der Waals surface area contributed by atoms with Gasteiger partial charge in [0.15, 0.2) is 0 Å². The molecule has 2 aromatic carbocycles. The van der Waals surface area contributed by atoms with E-state index in [2.05, 4.69) is 5.32 Å². The second kappa shape index (κ2) is 8.15. The van der Waals surface area contributed by atoms with Crippen molar-refractivity contribution in [1.29, 1.82) is 0 Å². The molecule has 25 heavy (non-hydrogen) atoms. The van der Waals surface area contributed by atoms with Gasteiger partial charge in [0, 0.05) is 19.2 Å². The van der Waals surface area contributed by atoms with E-state index in [0.29, 0.717) is 13.0 Å². The zero-order valence-electron chi connectivity index (χ0n) is 13.8. The van der Waals surface area contributed by atoms with E-state index in [1.165, 1.54) is 4.90 Å². The minimum atomic E-state index is -0.610. The average Bonchev–Trinajstić information content (AvgIpc) is 2.83. The summed E-state index contributed by atoms with van der Waals surface area (Å²) in [7, 11) is 0. The molecule has 0 radical (unpaired) electrons. The average molecular weight is 336 g/mol. The molecule has 0 saturated carbocycles. The summed E-state index contributed by atoms with van der Waals surface area (Å²) in [6.45, 7) is 0.503. The summed E-state index contributed by atoms with van der Waals surface area (Å²) in [5.41, 5.74) is 1.90. The first-order valence-corrected chi connectivity index (χ1v) is 8.20. The Labute approximate surface area is 146 Å². The van der Waals surface area contributed by atoms with Crippen LogP contribution >= 0.6 is 0 Å². The van der Waals surface area contributed by atoms with Gasteiger partial charge in [0.05, 0.1) is 0 Å². The maximum Gasteiger partial charge on any atom is 0.411 e. The van der Waals surface area contributed by atoms with Crippen LogP contribution in [0.2, 0.25) is 0 Å². The van der Waals surface area contributed by atoms with Gasteiger partial charge in [0.1, 0.15) is 12.6 Å². The first-order valence-electron chi connectivity index (χ1n) is 8.20. The van der Waals surface area contributed by atoms with Gasteiger partial charge >= 0.3 is 6.09 Å². The summed E-state index contributed by atoms with van der Waals surface area (Å²) < 4.78 is 5.41. The van der Waals surface area contributed by atoms with Crippen LogP contribution in [0.25, 0.3) is 0 Å². The lowest BCUT2D eigenvalue weighted by Crippen LogP contribution is -2.48. The Morgan fingerprint density at radius 3 is 2.36 bits per heavy atom. The summed E-state index contributed by atoms with van der Waals surface area (Å²) in [6, 6.07) is 18.5. The standard InChI is InChI=1S/C20H20N2O3/c23-19-18(14-16-8-3-1-4-9-16)22(13-7-12-21-19)20(24)25-15-17-10-5-2-6-11-17/h1-12,18H,13-15H2,(H,21,23)/t18-/m0/s1. The van der Waals surface area contributed by atoms with Gasteiger partial charge in [0.2, 0.25) is 5.91 Å². The Morgan fingerprint density at radius 1 is 1.04 bits per heavy atom. The van der Waals surface area contributed by atoms with E-state index in [-0.39, 0.29) is 12.5 Å². The number of amides is 2. The van der Waals surface area contributed by atoms with E-state index >= 15 is 0 Å². The van der Waals surface area contributed by atoms with Gasteiger partial charge in [-0.25, -0.2) is 4.79 Å². The van der Waals surface area contributed by atoms with Crippen LogP contribution in [0.15, 0.2) is 72.9 Å². The molecule has 1 heterocycles. The highest BCUT2D eigenvalue weighted by Crippen LogP contribution is 2.14. The minimum Gasteiger partial charge on any atom is -0.445 e. The number of carbonyl (C=O) groups excluding carboxylic acids is 2. The van der Waals surface area contributed by atoms with Crippen molar-refractivity contribution in [2.75, 3.05) is 6.54 Å². The SMILES string of the molecule is O=C1NC=CCN(C(=O)OCc2ccccc2)[C@H]1Cc1ccccc1. The van der Waals surface area contributed by atoms with Gasteiger partial charge in [-0.3, -0.25) is 9.69 Å². The zero-order valence-corrected chi connectivity index (χ0v) is 13.8. The highest BCUT2D eigenvalue weighted by Gasteiger charge is 2.31. The molecule has 2 aromatic rings. The first kappa shape index (κ1) is 16.8. The largest absolute Gasteiger partial charge is 0.445 e. The first-order chi connectivity index (χ1) is 12.2. The molecule has 0 aliphatic carbocycles. The van der Waals surface area contributed by atoms with Crippen molar-refractivity contribution in [3.8, 4) is 0 Å². The van der Waals surface area contributed by atoms with Gasteiger partial charge in [0.25, 0.3) is 0 Å². The fraction of sp³-hybridized carbons (Fsp3) is 0.200. The summed E-state index contributed by atoms with van der Waals surface area (Å²) in [4.78, 5) is 26.4. The molecule has 0 spiro atoms. The Kier molecular flexibility index (Phi) is 5.46. The lowest BCUT2D eigenvalue weighted by Gasteiger charge is -2.27. The summed E-state index contributed by atoms with van der Waals surface area (Å²) in [5, 5.41) is 2.70. The zero-order chi connectivity index (χ0) is 17.5. The van der Waals surface area contributed by atoms with Gasteiger partial charge in [-0.2, -0.15) is 0 Å². The molecule has 3 rings (SSSR count). The molecule has 128 valence electrons. The van der Waals surface area contributed by atoms with Gasteiger partial charge < -0.3 is 10.1 Å². The van der Waals surface area contributed by atoms with Gasteiger partial charge in [-0.15, -0.1) is 0 Å². The van der Waals surface area contributed by atoms with Crippen molar-refractivity contribution in [3.05, 3.63) is 84.1 Å². The molecule has 0 fully saturated rings. The molecule has 2 amide bonds. The van der Waals surface area contributed by atoms with Crippen LogP contribution in [0, 0.1) is 0 Å². The van der Waals surface area contributed by atoms with Crippen LogP contribution in [0.1, 0.15) is 11.1 Å². The molecule has 1 N–H and O–H groups in total. The summed E-state index contributed by atoms with van der Waals surface area (Å²) >= 11 is 0. The number of rotatable bonds is 4. The fourth-order valence-corrected chi connectivity index (χ4v) is 2.72. The lowest BCUT2D eigenvalue weighted by molar-refractivity contribution is -0.124. The van der Waals surface area contributed by atoms with Crippen molar-refractivity contribution in [2.24, 2.45) is 0 Å². The normalized spacial score (nSPS) is 16.9. The van der Waals surface area contributed by atoms with Crippen molar-refractivity contribution in [3.63, 3.8) is 0 Å². The third-order valence-electron chi connectivity index (χ3n) is 4.04. The molecule has 5 nitrogen and oxygen atoms in total. The molecular weight excluding hydrogens is 316 g/mol. The molecule has 1 aliphatic heterocycles. The van der Waals surface area contributed by atoms with Gasteiger partial charge in [-0.1, -0.05) is 60.7 Å². The molecular formula is C20H20N2O3.